The third kappa shape index (κ3) is 3.02. The van der Waals surface area contributed by atoms with E-state index in [0.29, 0.717) is 0 Å². The third-order valence-electron chi connectivity index (χ3n) is 2.90. The third-order valence-corrected chi connectivity index (χ3v) is 4.99. The van der Waals surface area contributed by atoms with Gasteiger partial charge in [0.15, 0.2) is 9.84 Å². The Hall–Kier alpha value is -1.45. The number of hydrogen-bond donors (Lipinski definition) is 0. The van der Waals surface area contributed by atoms with Crippen molar-refractivity contribution >= 4 is 15.9 Å². The maximum atomic E-state index is 11.6. The average molecular weight is 253 g/mol. The van der Waals surface area contributed by atoms with Crippen LogP contribution in [-0.4, -0.2) is 20.8 Å². The van der Waals surface area contributed by atoms with Gasteiger partial charge in [-0.2, -0.15) is 0 Å². The Morgan fingerprint density at radius 3 is 2.18 bits per heavy atom. The molecule has 0 bridgehead atoms. The second kappa shape index (κ2) is 4.82. The molecule has 0 aromatic heterocycles. The summed E-state index contributed by atoms with van der Waals surface area (Å²) in [5.41, 5.74) is 1.57. The lowest BCUT2D eigenvalue weighted by atomic mass is 10.0. The first-order valence-corrected chi connectivity index (χ1v) is 7.01. The van der Waals surface area contributed by atoms with Gasteiger partial charge in [0.05, 0.1) is 11.3 Å². The van der Waals surface area contributed by atoms with Crippen molar-refractivity contribution < 1.29 is 13.2 Å². The molecule has 0 aliphatic rings. The molecule has 0 radical (unpaired) electrons. The maximum absolute atomic E-state index is 11.6. The molecule has 5 heteroatoms. The van der Waals surface area contributed by atoms with Gasteiger partial charge in [0.25, 0.3) is 0 Å². The van der Waals surface area contributed by atoms with Crippen molar-refractivity contribution in [3.05, 3.63) is 35.4 Å². The first-order valence-electron chi connectivity index (χ1n) is 5.11. The molecular formula is C12H15NO3S. The lowest BCUT2D eigenvalue weighted by molar-refractivity contribution is 0.561. The Morgan fingerprint density at radius 2 is 1.76 bits per heavy atom. The number of isocyanates is 1. The lowest BCUT2D eigenvalue weighted by Crippen LogP contribution is -2.27. The molecule has 0 saturated carbocycles. The van der Waals surface area contributed by atoms with E-state index in [2.05, 4.69) is 4.99 Å². The predicted molar refractivity (Wildman–Crippen MR) is 66.1 cm³/mol. The number of benzene rings is 1. The fourth-order valence-corrected chi connectivity index (χ4v) is 1.91. The highest BCUT2D eigenvalue weighted by molar-refractivity contribution is 7.91. The molecule has 0 spiro atoms. The molecule has 0 unspecified atom stereocenters. The quantitative estimate of drug-likeness (QED) is 0.607. The van der Waals surface area contributed by atoms with Gasteiger partial charge in [0.2, 0.25) is 6.08 Å². The Balaban J connectivity index is 3.07. The van der Waals surface area contributed by atoms with E-state index in [1.165, 1.54) is 12.3 Å². The Morgan fingerprint density at radius 1 is 1.24 bits per heavy atom. The summed E-state index contributed by atoms with van der Waals surface area (Å²) in [6.45, 7) is 3.60. The molecule has 0 amide bonds. The number of aliphatic imine (C=N–C) groups is 1. The summed E-state index contributed by atoms with van der Waals surface area (Å²) in [5.74, 6) is 0. The summed E-state index contributed by atoms with van der Waals surface area (Å²) < 4.78 is 22.4. The minimum absolute atomic E-state index is 0.267. The van der Waals surface area contributed by atoms with Crippen LogP contribution in [0.5, 0.6) is 0 Å². The van der Waals surface area contributed by atoms with Crippen LogP contribution in [0, 0.1) is 0 Å². The standard InChI is InChI=1S/C12H15NO3S/c1-12(2,17(3,15)16)11-6-4-10(5-7-11)8-13-9-14/h4-7H,8H2,1-3H3. The molecule has 92 valence electrons. The zero-order valence-electron chi connectivity index (χ0n) is 10.1. The molecule has 1 aromatic carbocycles. The largest absolute Gasteiger partial charge is 0.235 e. The number of nitrogens with zero attached hydrogens (tertiary/aromatic N) is 1. The van der Waals surface area contributed by atoms with E-state index >= 15 is 0 Å². The smallest absolute Gasteiger partial charge is 0.228 e. The topological polar surface area (TPSA) is 63.6 Å². The Labute approximate surface area is 101 Å². The van der Waals surface area contributed by atoms with Gasteiger partial charge in [-0.3, -0.25) is 0 Å². The summed E-state index contributed by atoms with van der Waals surface area (Å²) in [4.78, 5) is 13.4. The number of rotatable bonds is 4. The van der Waals surface area contributed by atoms with Crippen molar-refractivity contribution in [2.45, 2.75) is 25.1 Å². The van der Waals surface area contributed by atoms with Crippen LogP contribution in [0.1, 0.15) is 25.0 Å². The number of sulfone groups is 1. The maximum Gasteiger partial charge on any atom is 0.235 e. The highest BCUT2D eigenvalue weighted by Crippen LogP contribution is 2.28. The summed E-state index contributed by atoms with van der Waals surface area (Å²) in [6, 6.07) is 7.03. The monoisotopic (exact) mass is 253 g/mol. The molecule has 0 saturated heterocycles. The summed E-state index contributed by atoms with van der Waals surface area (Å²) >= 11 is 0. The van der Waals surface area contributed by atoms with Gasteiger partial charge in [0.1, 0.15) is 0 Å². The molecule has 0 heterocycles. The number of carbonyl (C=O) groups excluding carboxylic acids is 1. The number of hydrogen-bond acceptors (Lipinski definition) is 4. The van der Waals surface area contributed by atoms with Crippen LogP contribution >= 0.6 is 0 Å². The van der Waals surface area contributed by atoms with E-state index in [4.69, 9.17) is 0 Å². The molecule has 4 nitrogen and oxygen atoms in total. The van der Waals surface area contributed by atoms with E-state index < -0.39 is 14.6 Å². The predicted octanol–water partition coefficient (Wildman–Crippen LogP) is 1.80. The van der Waals surface area contributed by atoms with Gasteiger partial charge in [-0.1, -0.05) is 24.3 Å². The first kappa shape index (κ1) is 13.6. The first-order chi connectivity index (χ1) is 7.79. The van der Waals surface area contributed by atoms with Crippen molar-refractivity contribution in [1.29, 1.82) is 0 Å². The van der Waals surface area contributed by atoms with Gasteiger partial charge in [-0.05, 0) is 25.0 Å². The van der Waals surface area contributed by atoms with Crippen LogP contribution in [-0.2, 0) is 25.9 Å². The van der Waals surface area contributed by atoms with Crippen molar-refractivity contribution in [3.8, 4) is 0 Å². The molecule has 0 atom stereocenters. The van der Waals surface area contributed by atoms with Crippen LogP contribution in [0.15, 0.2) is 29.3 Å². The van der Waals surface area contributed by atoms with Gasteiger partial charge >= 0.3 is 0 Å². The highest BCUT2D eigenvalue weighted by Gasteiger charge is 2.31. The minimum Gasteiger partial charge on any atom is -0.228 e. The Bertz CT molecular complexity index is 538. The van der Waals surface area contributed by atoms with Crippen molar-refractivity contribution in [2.75, 3.05) is 6.26 Å². The molecular weight excluding hydrogens is 238 g/mol. The van der Waals surface area contributed by atoms with Gasteiger partial charge in [-0.15, -0.1) is 0 Å². The van der Waals surface area contributed by atoms with Crippen LogP contribution in [0.2, 0.25) is 0 Å². The van der Waals surface area contributed by atoms with Gasteiger partial charge in [-0.25, -0.2) is 18.2 Å². The molecule has 0 N–H and O–H groups in total. The molecule has 1 rings (SSSR count). The molecule has 1 aromatic rings. The molecule has 17 heavy (non-hydrogen) atoms. The highest BCUT2D eigenvalue weighted by atomic mass is 32.2. The van der Waals surface area contributed by atoms with Crippen LogP contribution in [0.3, 0.4) is 0 Å². The van der Waals surface area contributed by atoms with Gasteiger partial charge in [0, 0.05) is 6.26 Å². The normalized spacial score (nSPS) is 11.9. The zero-order chi connectivity index (χ0) is 13.1. The summed E-state index contributed by atoms with van der Waals surface area (Å²) in [6.07, 6.45) is 2.68. The van der Waals surface area contributed by atoms with Crippen molar-refractivity contribution in [1.82, 2.24) is 0 Å². The van der Waals surface area contributed by atoms with Gasteiger partial charge < -0.3 is 0 Å². The lowest BCUT2D eigenvalue weighted by Gasteiger charge is -2.23. The second-order valence-electron chi connectivity index (χ2n) is 4.39. The van der Waals surface area contributed by atoms with Crippen molar-refractivity contribution in [3.63, 3.8) is 0 Å². The summed E-state index contributed by atoms with van der Waals surface area (Å²) in [7, 11) is -3.17. The Kier molecular flexibility index (Phi) is 3.86. The SMILES string of the molecule is CC(C)(c1ccc(CN=C=O)cc1)S(C)(=O)=O. The molecule has 0 fully saturated rings. The van der Waals surface area contributed by atoms with Crippen LogP contribution in [0.4, 0.5) is 0 Å². The van der Waals surface area contributed by atoms with E-state index in [0.717, 1.165) is 11.1 Å². The zero-order valence-corrected chi connectivity index (χ0v) is 10.9. The van der Waals surface area contributed by atoms with E-state index in [-0.39, 0.29) is 6.54 Å². The van der Waals surface area contributed by atoms with E-state index in [1.807, 2.05) is 0 Å². The molecule has 0 aliphatic carbocycles. The van der Waals surface area contributed by atoms with E-state index in [9.17, 15) is 13.2 Å². The molecule has 0 aliphatic heterocycles. The average Bonchev–Trinajstić information content (AvgIpc) is 2.25. The van der Waals surface area contributed by atoms with E-state index in [1.54, 1.807) is 38.1 Å². The fourth-order valence-electron chi connectivity index (χ4n) is 1.35. The second-order valence-corrected chi connectivity index (χ2v) is 6.95. The van der Waals surface area contributed by atoms with Crippen LogP contribution < -0.4 is 0 Å². The van der Waals surface area contributed by atoms with Crippen molar-refractivity contribution in [2.24, 2.45) is 4.99 Å². The minimum atomic E-state index is -3.17. The summed E-state index contributed by atoms with van der Waals surface area (Å²) in [5, 5.41) is 0. The van der Waals surface area contributed by atoms with Crippen LogP contribution in [0.25, 0.3) is 0 Å². The fraction of sp³-hybridized carbons (Fsp3) is 0.417.